The minimum absolute atomic E-state index is 0.0993. The monoisotopic (exact) mass is 372 g/mol. The SMILES string of the molecule is Cc1ccc(C(=O)COC(=O)CSc2ncnc3sccc23)c(C)c1. The van der Waals surface area contributed by atoms with Crippen molar-refractivity contribution in [3.05, 3.63) is 52.7 Å². The van der Waals surface area contributed by atoms with Gasteiger partial charge in [-0.2, -0.15) is 0 Å². The number of thioether (sulfide) groups is 1. The molecule has 0 aliphatic rings. The fourth-order valence-electron chi connectivity index (χ4n) is 2.40. The molecule has 0 amide bonds. The highest BCUT2D eigenvalue weighted by atomic mass is 32.2. The smallest absolute Gasteiger partial charge is 0.316 e. The zero-order valence-electron chi connectivity index (χ0n) is 13.8. The van der Waals surface area contributed by atoms with Gasteiger partial charge in [0.15, 0.2) is 6.61 Å². The molecule has 7 heteroatoms. The number of benzene rings is 1. The molecule has 0 N–H and O–H groups in total. The van der Waals surface area contributed by atoms with E-state index in [4.69, 9.17) is 4.74 Å². The van der Waals surface area contributed by atoms with Gasteiger partial charge in [0.25, 0.3) is 0 Å². The van der Waals surface area contributed by atoms with E-state index in [1.54, 1.807) is 6.07 Å². The van der Waals surface area contributed by atoms with E-state index in [0.717, 1.165) is 26.4 Å². The van der Waals surface area contributed by atoms with Crippen molar-refractivity contribution in [3.8, 4) is 0 Å². The van der Waals surface area contributed by atoms with Gasteiger partial charge in [0.1, 0.15) is 16.2 Å². The van der Waals surface area contributed by atoms with Gasteiger partial charge in [-0.05, 0) is 30.9 Å². The number of ketones is 1. The lowest BCUT2D eigenvalue weighted by atomic mass is 10.0. The van der Waals surface area contributed by atoms with Crippen LogP contribution in [-0.4, -0.2) is 34.1 Å². The average molecular weight is 372 g/mol. The second-order valence-corrected chi connectivity index (χ2v) is 7.37. The Hall–Kier alpha value is -2.25. The van der Waals surface area contributed by atoms with Gasteiger partial charge in [0.05, 0.1) is 5.75 Å². The first-order valence-corrected chi connectivity index (χ1v) is 9.48. The van der Waals surface area contributed by atoms with Gasteiger partial charge in [-0.25, -0.2) is 9.97 Å². The lowest BCUT2D eigenvalue weighted by molar-refractivity contribution is -0.139. The average Bonchev–Trinajstić information content (AvgIpc) is 3.07. The van der Waals surface area contributed by atoms with Crippen LogP contribution in [0.15, 0.2) is 41.0 Å². The van der Waals surface area contributed by atoms with E-state index < -0.39 is 5.97 Å². The summed E-state index contributed by atoms with van der Waals surface area (Å²) in [5.41, 5.74) is 2.56. The summed E-state index contributed by atoms with van der Waals surface area (Å²) in [6, 6.07) is 7.51. The predicted octanol–water partition coefficient (Wildman–Crippen LogP) is 3.83. The normalized spacial score (nSPS) is 10.8. The highest BCUT2D eigenvalue weighted by Gasteiger charge is 2.14. The van der Waals surface area contributed by atoms with Crippen molar-refractivity contribution in [1.29, 1.82) is 0 Å². The van der Waals surface area contributed by atoms with Crippen molar-refractivity contribution in [3.63, 3.8) is 0 Å². The second kappa shape index (κ2) is 7.76. The van der Waals surface area contributed by atoms with Crippen LogP contribution in [-0.2, 0) is 9.53 Å². The summed E-state index contributed by atoms with van der Waals surface area (Å²) in [6.07, 6.45) is 1.48. The Morgan fingerprint density at radius 3 is 2.84 bits per heavy atom. The van der Waals surface area contributed by atoms with E-state index in [1.165, 1.54) is 29.4 Å². The quantitative estimate of drug-likeness (QED) is 0.283. The van der Waals surface area contributed by atoms with Crippen LogP contribution in [0.2, 0.25) is 0 Å². The van der Waals surface area contributed by atoms with E-state index in [9.17, 15) is 9.59 Å². The van der Waals surface area contributed by atoms with Crippen LogP contribution in [0.5, 0.6) is 0 Å². The molecular formula is C18H16N2O3S2. The molecule has 5 nitrogen and oxygen atoms in total. The van der Waals surface area contributed by atoms with Crippen LogP contribution in [0.1, 0.15) is 21.5 Å². The number of thiophene rings is 1. The number of hydrogen-bond acceptors (Lipinski definition) is 7. The number of carbonyl (C=O) groups excluding carboxylic acids is 2. The molecule has 0 fully saturated rings. The number of nitrogens with zero attached hydrogens (tertiary/aromatic N) is 2. The lowest BCUT2D eigenvalue weighted by Crippen LogP contribution is -2.16. The van der Waals surface area contributed by atoms with Crippen molar-refractivity contribution < 1.29 is 14.3 Å². The van der Waals surface area contributed by atoms with Crippen molar-refractivity contribution in [1.82, 2.24) is 9.97 Å². The molecule has 1 aromatic carbocycles. The third kappa shape index (κ3) is 4.24. The second-order valence-electron chi connectivity index (χ2n) is 5.51. The molecule has 3 aromatic rings. The predicted molar refractivity (Wildman–Crippen MR) is 99.3 cm³/mol. The van der Waals surface area contributed by atoms with Gasteiger partial charge in [0, 0.05) is 10.9 Å². The number of aryl methyl sites for hydroxylation is 2. The number of rotatable bonds is 6. The molecule has 0 atom stereocenters. The summed E-state index contributed by atoms with van der Waals surface area (Å²) >= 11 is 2.81. The molecule has 25 heavy (non-hydrogen) atoms. The van der Waals surface area contributed by atoms with Crippen molar-refractivity contribution in [2.45, 2.75) is 18.9 Å². The Kier molecular flexibility index (Phi) is 5.45. The molecule has 0 aliphatic carbocycles. The first-order chi connectivity index (χ1) is 12.0. The van der Waals surface area contributed by atoms with Gasteiger partial charge in [-0.3, -0.25) is 9.59 Å². The van der Waals surface area contributed by atoms with Crippen molar-refractivity contribution in [2.24, 2.45) is 0 Å². The summed E-state index contributed by atoms with van der Waals surface area (Å²) < 4.78 is 5.11. The third-order valence-corrected chi connectivity index (χ3v) is 5.40. The first-order valence-electron chi connectivity index (χ1n) is 7.61. The fourth-order valence-corrected chi connectivity index (χ4v) is 3.98. The molecule has 2 aromatic heterocycles. The molecule has 2 heterocycles. The number of fused-ring (bicyclic) bond motifs is 1. The van der Waals surface area contributed by atoms with Gasteiger partial charge < -0.3 is 4.74 Å². The van der Waals surface area contributed by atoms with Gasteiger partial charge in [-0.1, -0.05) is 35.5 Å². The van der Waals surface area contributed by atoms with E-state index >= 15 is 0 Å². The highest BCUT2D eigenvalue weighted by molar-refractivity contribution is 8.00. The molecular weight excluding hydrogens is 356 g/mol. The van der Waals surface area contributed by atoms with Crippen molar-refractivity contribution >= 4 is 45.1 Å². The van der Waals surface area contributed by atoms with Crippen LogP contribution in [0.4, 0.5) is 0 Å². The minimum Gasteiger partial charge on any atom is -0.457 e. The Labute approximate surface area is 153 Å². The topological polar surface area (TPSA) is 69.2 Å². The summed E-state index contributed by atoms with van der Waals surface area (Å²) in [7, 11) is 0. The highest BCUT2D eigenvalue weighted by Crippen LogP contribution is 2.27. The van der Waals surface area contributed by atoms with Crippen LogP contribution >= 0.6 is 23.1 Å². The van der Waals surface area contributed by atoms with E-state index in [2.05, 4.69) is 9.97 Å². The summed E-state index contributed by atoms with van der Waals surface area (Å²) in [5.74, 6) is -0.537. The Bertz CT molecular complexity index is 937. The van der Waals surface area contributed by atoms with Gasteiger partial charge >= 0.3 is 5.97 Å². The number of Topliss-reactive ketones (excluding diaryl/α,β-unsaturated/α-hetero) is 1. The van der Waals surface area contributed by atoms with E-state index in [0.29, 0.717) is 5.56 Å². The third-order valence-electron chi connectivity index (χ3n) is 3.60. The number of hydrogen-bond donors (Lipinski definition) is 0. The maximum absolute atomic E-state index is 12.2. The van der Waals surface area contributed by atoms with Gasteiger partial charge in [-0.15, -0.1) is 11.3 Å². The van der Waals surface area contributed by atoms with Crippen LogP contribution in [0.3, 0.4) is 0 Å². The molecule has 3 rings (SSSR count). The Morgan fingerprint density at radius 1 is 1.20 bits per heavy atom. The lowest BCUT2D eigenvalue weighted by Gasteiger charge is -2.07. The maximum Gasteiger partial charge on any atom is 0.316 e. The Morgan fingerprint density at radius 2 is 2.04 bits per heavy atom. The Balaban J connectivity index is 1.54. The fraction of sp³-hybridized carbons (Fsp3) is 0.222. The molecule has 0 aliphatic heterocycles. The van der Waals surface area contributed by atoms with Gasteiger partial charge in [0.2, 0.25) is 5.78 Å². The molecule has 0 saturated heterocycles. The van der Waals surface area contributed by atoms with E-state index in [1.807, 2.05) is 37.4 Å². The molecule has 0 bridgehead atoms. The van der Waals surface area contributed by atoms with Crippen LogP contribution < -0.4 is 0 Å². The molecule has 0 unspecified atom stereocenters. The summed E-state index contributed by atoms with van der Waals surface area (Å²) in [5, 5.41) is 3.60. The number of aromatic nitrogens is 2. The molecule has 128 valence electrons. The summed E-state index contributed by atoms with van der Waals surface area (Å²) in [4.78, 5) is 33.4. The first kappa shape index (κ1) is 17.6. The molecule has 0 spiro atoms. The maximum atomic E-state index is 12.2. The zero-order valence-corrected chi connectivity index (χ0v) is 15.4. The molecule has 0 saturated carbocycles. The zero-order chi connectivity index (χ0) is 17.8. The van der Waals surface area contributed by atoms with Crippen LogP contribution in [0, 0.1) is 13.8 Å². The number of carbonyl (C=O) groups is 2. The van der Waals surface area contributed by atoms with Crippen LogP contribution in [0.25, 0.3) is 10.2 Å². The van der Waals surface area contributed by atoms with E-state index in [-0.39, 0.29) is 18.1 Å². The summed E-state index contributed by atoms with van der Waals surface area (Å²) in [6.45, 7) is 3.59. The molecule has 0 radical (unpaired) electrons. The van der Waals surface area contributed by atoms with Crippen molar-refractivity contribution in [2.75, 3.05) is 12.4 Å². The largest absolute Gasteiger partial charge is 0.457 e. The standard InChI is InChI=1S/C18H16N2O3S2/c1-11-3-4-13(12(2)7-11)15(21)8-23-16(22)9-25-18-14-5-6-24-17(14)19-10-20-18/h3-7,10H,8-9H2,1-2H3. The minimum atomic E-state index is -0.440. The number of ether oxygens (including phenoxy) is 1. The number of esters is 1.